The number of nitrogens with one attached hydrogen (secondary N) is 4. The summed E-state index contributed by atoms with van der Waals surface area (Å²) in [5, 5.41) is 7.91. The number of benzene rings is 1. The molecule has 2 rings (SSSR count). The van der Waals surface area contributed by atoms with Crippen molar-refractivity contribution in [3.63, 3.8) is 0 Å². The number of nitrogens with zero attached hydrogens (tertiary/aromatic N) is 1. The maximum atomic E-state index is 13.1. The van der Waals surface area contributed by atoms with Crippen molar-refractivity contribution >= 4 is 35.4 Å². The molecule has 8 N–H and O–H groups in total. The van der Waals surface area contributed by atoms with Crippen molar-refractivity contribution in [3.8, 4) is 0 Å². The number of imidazole rings is 1. The highest BCUT2D eigenvalue weighted by atomic mass is 32.2. The summed E-state index contributed by atoms with van der Waals surface area (Å²) in [7, 11) is 0. The highest BCUT2D eigenvalue weighted by Crippen LogP contribution is 2.07. The van der Waals surface area contributed by atoms with Crippen LogP contribution in [-0.2, 0) is 32.0 Å². The molecule has 4 amide bonds. The quantitative estimate of drug-likeness (QED) is 0.193. The second-order valence-electron chi connectivity index (χ2n) is 7.58. The Kier molecular flexibility index (Phi) is 11.1. The fourth-order valence-corrected chi connectivity index (χ4v) is 3.67. The maximum Gasteiger partial charge on any atom is 0.243 e. The summed E-state index contributed by atoms with van der Waals surface area (Å²) >= 11 is 1.52. The van der Waals surface area contributed by atoms with Gasteiger partial charge in [0.05, 0.1) is 18.6 Å². The summed E-state index contributed by atoms with van der Waals surface area (Å²) in [6.07, 6.45) is 5.58. The minimum absolute atomic E-state index is 0.0956. The van der Waals surface area contributed by atoms with E-state index in [0.717, 1.165) is 5.56 Å². The van der Waals surface area contributed by atoms with Gasteiger partial charge >= 0.3 is 0 Å². The van der Waals surface area contributed by atoms with Gasteiger partial charge in [0.25, 0.3) is 0 Å². The lowest BCUT2D eigenvalue weighted by Crippen LogP contribution is -2.57. The number of aromatic nitrogens is 2. The van der Waals surface area contributed by atoms with Crippen LogP contribution in [-0.4, -0.2) is 70.3 Å². The van der Waals surface area contributed by atoms with Crippen molar-refractivity contribution in [2.75, 3.05) is 18.6 Å². The Morgan fingerprint density at radius 2 is 1.65 bits per heavy atom. The summed E-state index contributed by atoms with van der Waals surface area (Å²) in [4.78, 5) is 56.9. The molecule has 34 heavy (non-hydrogen) atoms. The number of amides is 4. The number of nitrogens with two attached hydrogens (primary N) is 2. The predicted octanol–water partition coefficient (Wildman–Crippen LogP) is -1.15. The molecule has 1 aromatic heterocycles. The van der Waals surface area contributed by atoms with Gasteiger partial charge in [0, 0.05) is 19.0 Å². The van der Waals surface area contributed by atoms with Crippen LogP contribution in [0, 0.1) is 0 Å². The lowest BCUT2D eigenvalue weighted by molar-refractivity contribution is -0.133. The minimum atomic E-state index is -1.01. The third-order valence-electron chi connectivity index (χ3n) is 4.99. The molecular weight excluding hydrogens is 458 g/mol. The SMILES string of the molecule is CSCCC(NC(=O)C(Cc1ccccc1)NC(=O)C(Cc1c[nH]cn1)NC(=O)CN)C(N)=O. The fourth-order valence-electron chi connectivity index (χ4n) is 3.20. The van der Waals surface area contributed by atoms with Crippen LogP contribution >= 0.6 is 11.8 Å². The van der Waals surface area contributed by atoms with Gasteiger partial charge in [0.2, 0.25) is 23.6 Å². The highest BCUT2D eigenvalue weighted by molar-refractivity contribution is 7.98. The Hall–Kier alpha value is -3.38. The number of carbonyl (C=O) groups is 4. The molecule has 184 valence electrons. The first-order chi connectivity index (χ1) is 16.3. The molecule has 12 heteroatoms. The second kappa shape index (κ2) is 14.0. The van der Waals surface area contributed by atoms with Crippen molar-refractivity contribution in [1.29, 1.82) is 0 Å². The zero-order chi connectivity index (χ0) is 24.9. The van der Waals surface area contributed by atoms with Crippen molar-refractivity contribution in [2.45, 2.75) is 37.4 Å². The number of carbonyl (C=O) groups excluding carboxylic acids is 4. The van der Waals surface area contributed by atoms with Crippen LogP contribution in [0.3, 0.4) is 0 Å². The van der Waals surface area contributed by atoms with Gasteiger partial charge in [-0.3, -0.25) is 19.2 Å². The van der Waals surface area contributed by atoms with E-state index in [-0.39, 0.29) is 19.4 Å². The molecule has 0 aliphatic rings. The van der Waals surface area contributed by atoms with Crippen LogP contribution in [0.2, 0.25) is 0 Å². The van der Waals surface area contributed by atoms with Crippen LogP contribution in [0.25, 0.3) is 0 Å². The van der Waals surface area contributed by atoms with Gasteiger partial charge in [-0.05, 0) is 24.0 Å². The number of primary amides is 1. The Labute approximate surface area is 202 Å². The van der Waals surface area contributed by atoms with E-state index in [4.69, 9.17) is 11.5 Å². The van der Waals surface area contributed by atoms with E-state index in [2.05, 4.69) is 25.9 Å². The summed E-state index contributed by atoms with van der Waals surface area (Å²) in [5.41, 5.74) is 12.2. The Morgan fingerprint density at radius 3 is 2.21 bits per heavy atom. The first kappa shape index (κ1) is 26.9. The van der Waals surface area contributed by atoms with Crippen LogP contribution < -0.4 is 27.4 Å². The summed E-state index contributed by atoms with van der Waals surface area (Å²) in [6.45, 7) is -0.298. The molecular formula is C22H31N7O4S. The summed E-state index contributed by atoms with van der Waals surface area (Å²) in [5.74, 6) is -1.68. The van der Waals surface area contributed by atoms with Crippen molar-refractivity contribution in [1.82, 2.24) is 25.9 Å². The highest BCUT2D eigenvalue weighted by Gasteiger charge is 2.29. The molecule has 0 saturated heterocycles. The summed E-state index contributed by atoms with van der Waals surface area (Å²) in [6, 6.07) is 6.23. The zero-order valence-electron chi connectivity index (χ0n) is 19.0. The number of hydrogen-bond acceptors (Lipinski definition) is 7. The average Bonchev–Trinajstić information content (AvgIpc) is 3.34. The minimum Gasteiger partial charge on any atom is -0.368 e. The molecule has 0 bridgehead atoms. The van der Waals surface area contributed by atoms with Crippen LogP contribution in [0.1, 0.15) is 17.7 Å². The number of H-pyrrole nitrogens is 1. The maximum absolute atomic E-state index is 13.1. The standard InChI is InChI=1S/C22H31N7O4S/c1-34-8-7-16(20(24)31)28-21(32)17(9-14-5-3-2-4-6-14)29-22(33)18(27-19(30)11-23)10-15-12-25-13-26-15/h2-6,12-13,16-18H,7-11,23H2,1H3,(H2,24,31)(H,25,26)(H,27,30)(H,28,32)(H,29,33). The molecule has 0 fully saturated rings. The first-order valence-corrected chi connectivity index (χ1v) is 12.1. The predicted molar refractivity (Wildman–Crippen MR) is 129 cm³/mol. The van der Waals surface area contributed by atoms with Crippen molar-refractivity contribution < 1.29 is 19.2 Å². The van der Waals surface area contributed by atoms with Crippen molar-refractivity contribution in [3.05, 3.63) is 54.1 Å². The third-order valence-corrected chi connectivity index (χ3v) is 5.64. The van der Waals surface area contributed by atoms with Gasteiger partial charge in [-0.25, -0.2) is 4.98 Å². The molecule has 1 heterocycles. The van der Waals surface area contributed by atoms with Gasteiger partial charge < -0.3 is 32.4 Å². The molecule has 3 unspecified atom stereocenters. The monoisotopic (exact) mass is 489 g/mol. The lowest BCUT2D eigenvalue weighted by Gasteiger charge is -2.24. The molecule has 0 spiro atoms. The zero-order valence-corrected chi connectivity index (χ0v) is 19.8. The van der Waals surface area contributed by atoms with Gasteiger partial charge in [-0.2, -0.15) is 11.8 Å². The van der Waals surface area contributed by atoms with E-state index in [0.29, 0.717) is 17.9 Å². The Morgan fingerprint density at radius 1 is 1.00 bits per heavy atom. The molecule has 3 atom stereocenters. The van der Waals surface area contributed by atoms with E-state index in [1.165, 1.54) is 18.1 Å². The van der Waals surface area contributed by atoms with Crippen LogP contribution in [0.15, 0.2) is 42.9 Å². The average molecular weight is 490 g/mol. The largest absolute Gasteiger partial charge is 0.368 e. The molecule has 2 aromatic rings. The number of thioether (sulfide) groups is 1. The van der Waals surface area contributed by atoms with E-state index in [9.17, 15) is 19.2 Å². The van der Waals surface area contributed by atoms with E-state index in [1.807, 2.05) is 36.6 Å². The Balaban J connectivity index is 2.21. The van der Waals surface area contributed by atoms with Crippen LogP contribution in [0.4, 0.5) is 0 Å². The van der Waals surface area contributed by atoms with E-state index >= 15 is 0 Å². The van der Waals surface area contributed by atoms with Gasteiger partial charge in [-0.15, -0.1) is 0 Å². The van der Waals surface area contributed by atoms with Gasteiger partial charge in [0.1, 0.15) is 18.1 Å². The first-order valence-electron chi connectivity index (χ1n) is 10.7. The molecule has 0 aliphatic heterocycles. The molecule has 0 saturated carbocycles. The molecule has 1 aromatic carbocycles. The molecule has 0 radical (unpaired) electrons. The second-order valence-corrected chi connectivity index (χ2v) is 8.57. The topological polar surface area (TPSA) is 185 Å². The van der Waals surface area contributed by atoms with Crippen molar-refractivity contribution in [2.24, 2.45) is 11.5 Å². The Bertz CT molecular complexity index is 940. The summed E-state index contributed by atoms with van der Waals surface area (Å²) < 4.78 is 0. The number of aromatic amines is 1. The normalized spacial score (nSPS) is 13.4. The van der Waals surface area contributed by atoms with E-state index < -0.39 is 41.8 Å². The number of rotatable bonds is 14. The molecule has 0 aliphatic carbocycles. The third kappa shape index (κ3) is 8.87. The molecule has 11 nitrogen and oxygen atoms in total. The van der Waals surface area contributed by atoms with Gasteiger partial charge in [-0.1, -0.05) is 30.3 Å². The lowest BCUT2D eigenvalue weighted by atomic mass is 10.0. The fraction of sp³-hybridized carbons (Fsp3) is 0.409. The van der Waals surface area contributed by atoms with E-state index in [1.54, 1.807) is 6.20 Å². The van der Waals surface area contributed by atoms with Gasteiger partial charge in [0.15, 0.2) is 0 Å². The van der Waals surface area contributed by atoms with Crippen LogP contribution in [0.5, 0.6) is 0 Å². The number of hydrogen-bond donors (Lipinski definition) is 6. The smallest absolute Gasteiger partial charge is 0.243 e.